The Kier molecular flexibility index (Phi) is 5.96. The van der Waals surface area contributed by atoms with Gasteiger partial charge in [0, 0.05) is 18.8 Å². The van der Waals surface area contributed by atoms with E-state index in [0.29, 0.717) is 11.7 Å². The van der Waals surface area contributed by atoms with E-state index in [9.17, 15) is 4.79 Å². The molecule has 0 N–H and O–H groups in total. The molecule has 134 valence electrons. The molecule has 1 aliphatic carbocycles. The van der Waals surface area contributed by atoms with Crippen molar-refractivity contribution in [3.05, 3.63) is 30.6 Å². The largest absolute Gasteiger partial charge is 0.497 e. The van der Waals surface area contributed by atoms with Crippen molar-refractivity contribution in [3.8, 4) is 11.4 Å². The lowest BCUT2D eigenvalue weighted by Gasteiger charge is -2.21. The molecule has 0 aliphatic heterocycles. The van der Waals surface area contributed by atoms with Gasteiger partial charge in [-0.15, -0.1) is 10.2 Å². The van der Waals surface area contributed by atoms with Crippen LogP contribution in [0.25, 0.3) is 5.69 Å². The molecule has 7 heteroatoms. The third kappa shape index (κ3) is 4.75. The fourth-order valence-corrected chi connectivity index (χ4v) is 3.49. The Labute approximate surface area is 152 Å². The number of methoxy groups -OCH3 is 1. The molecule has 25 heavy (non-hydrogen) atoms. The summed E-state index contributed by atoms with van der Waals surface area (Å²) >= 11 is 1.44. The average Bonchev–Trinajstić information content (AvgIpc) is 3.33. The molecule has 0 bridgehead atoms. The van der Waals surface area contributed by atoms with E-state index in [4.69, 9.17) is 4.74 Å². The van der Waals surface area contributed by atoms with Crippen LogP contribution in [0, 0.1) is 5.92 Å². The predicted molar refractivity (Wildman–Crippen MR) is 98.2 cm³/mol. The molecule has 1 aliphatic rings. The Morgan fingerprint density at radius 2 is 2.12 bits per heavy atom. The average molecular weight is 360 g/mol. The normalized spacial score (nSPS) is 13.7. The maximum Gasteiger partial charge on any atom is 0.233 e. The number of rotatable bonds is 9. The van der Waals surface area contributed by atoms with E-state index >= 15 is 0 Å². The zero-order valence-corrected chi connectivity index (χ0v) is 15.5. The molecule has 1 aromatic carbocycles. The molecule has 1 fully saturated rings. The Morgan fingerprint density at radius 1 is 1.36 bits per heavy atom. The van der Waals surface area contributed by atoms with E-state index in [2.05, 4.69) is 17.1 Å². The second-order valence-corrected chi connectivity index (χ2v) is 7.20. The summed E-state index contributed by atoms with van der Waals surface area (Å²) in [5.41, 5.74) is 0.948. The summed E-state index contributed by atoms with van der Waals surface area (Å²) in [4.78, 5) is 14.6. The van der Waals surface area contributed by atoms with Gasteiger partial charge in [-0.3, -0.25) is 9.36 Å². The summed E-state index contributed by atoms with van der Waals surface area (Å²) in [6, 6.07) is 7.69. The molecule has 1 amide bonds. The summed E-state index contributed by atoms with van der Waals surface area (Å²) in [7, 11) is 1.64. The second-order valence-electron chi connectivity index (χ2n) is 6.25. The number of ether oxygens (including phenoxy) is 1. The van der Waals surface area contributed by atoms with E-state index in [1.165, 1.54) is 24.6 Å². The Balaban J connectivity index is 1.62. The number of nitrogens with zero attached hydrogens (tertiary/aromatic N) is 4. The molecular formula is C18H24N4O2S. The summed E-state index contributed by atoms with van der Waals surface area (Å²) < 4.78 is 7.08. The highest BCUT2D eigenvalue weighted by Gasteiger charge is 2.26. The fourth-order valence-electron chi connectivity index (χ4n) is 2.66. The highest BCUT2D eigenvalue weighted by atomic mass is 32.2. The second kappa shape index (κ2) is 8.38. The molecular weight excluding hydrogens is 336 g/mol. The number of benzene rings is 1. The van der Waals surface area contributed by atoms with E-state index < -0.39 is 0 Å². The number of hydrogen-bond donors (Lipinski definition) is 0. The molecule has 0 spiro atoms. The predicted octanol–water partition coefficient (Wildman–Crippen LogP) is 3.02. The first-order valence-corrected chi connectivity index (χ1v) is 9.64. The van der Waals surface area contributed by atoms with Crippen LogP contribution in [0.4, 0.5) is 0 Å². The van der Waals surface area contributed by atoms with Gasteiger partial charge < -0.3 is 9.64 Å². The van der Waals surface area contributed by atoms with Crippen LogP contribution in [0.3, 0.4) is 0 Å². The van der Waals surface area contributed by atoms with Crippen molar-refractivity contribution >= 4 is 17.7 Å². The lowest BCUT2D eigenvalue weighted by Crippen LogP contribution is -2.35. The first-order chi connectivity index (χ1) is 12.2. The van der Waals surface area contributed by atoms with Crippen molar-refractivity contribution in [2.24, 2.45) is 5.92 Å². The van der Waals surface area contributed by atoms with E-state index in [1.54, 1.807) is 13.4 Å². The van der Waals surface area contributed by atoms with Crippen LogP contribution in [-0.2, 0) is 4.79 Å². The number of carbonyl (C=O) groups is 1. The highest BCUT2D eigenvalue weighted by molar-refractivity contribution is 7.99. The molecule has 6 nitrogen and oxygen atoms in total. The van der Waals surface area contributed by atoms with E-state index in [0.717, 1.165) is 36.1 Å². The molecule has 1 heterocycles. The first-order valence-electron chi connectivity index (χ1n) is 8.66. The molecule has 0 saturated heterocycles. The molecule has 0 unspecified atom stereocenters. The number of thioether (sulfide) groups is 1. The fraction of sp³-hybridized carbons (Fsp3) is 0.500. The lowest BCUT2D eigenvalue weighted by molar-refractivity contribution is -0.128. The molecule has 3 rings (SSSR count). The van der Waals surface area contributed by atoms with Crippen LogP contribution < -0.4 is 4.74 Å². The van der Waals surface area contributed by atoms with Gasteiger partial charge in [0.2, 0.25) is 5.91 Å². The Bertz CT molecular complexity index is 697. The molecule has 0 atom stereocenters. The Hall–Kier alpha value is -2.02. The molecule has 2 aromatic rings. The van der Waals surface area contributed by atoms with Crippen molar-refractivity contribution in [2.45, 2.75) is 31.3 Å². The minimum absolute atomic E-state index is 0.183. The third-order valence-electron chi connectivity index (χ3n) is 4.21. The zero-order chi connectivity index (χ0) is 17.6. The Morgan fingerprint density at radius 3 is 2.76 bits per heavy atom. The van der Waals surface area contributed by atoms with Crippen molar-refractivity contribution in [1.29, 1.82) is 0 Å². The summed E-state index contributed by atoms with van der Waals surface area (Å²) in [6.45, 7) is 3.85. The van der Waals surface area contributed by atoms with Crippen LogP contribution in [0.15, 0.2) is 35.7 Å². The minimum atomic E-state index is 0.183. The number of amides is 1. The number of hydrogen-bond acceptors (Lipinski definition) is 5. The van der Waals surface area contributed by atoms with Gasteiger partial charge in [-0.25, -0.2) is 0 Å². The smallest absolute Gasteiger partial charge is 0.233 e. The molecule has 1 aromatic heterocycles. The van der Waals surface area contributed by atoms with E-state index in [-0.39, 0.29) is 5.91 Å². The topological polar surface area (TPSA) is 60.2 Å². The summed E-state index contributed by atoms with van der Waals surface area (Å²) in [5, 5.41) is 8.88. The van der Waals surface area contributed by atoms with Crippen molar-refractivity contribution < 1.29 is 9.53 Å². The van der Waals surface area contributed by atoms with Gasteiger partial charge in [-0.1, -0.05) is 18.7 Å². The lowest BCUT2D eigenvalue weighted by atomic mass is 10.3. The quantitative estimate of drug-likeness (QED) is 0.643. The monoisotopic (exact) mass is 360 g/mol. The minimum Gasteiger partial charge on any atom is -0.497 e. The maximum absolute atomic E-state index is 12.6. The van der Waals surface area contributed by atoms with Gasteiger partial charge in [0.25, 0.3) is 0 Å². The molecule has 0 radical (unpaired) electrons. The van der Waals surface area contributed by atoms with E-state index in [1.807, 2.05) is 33.7 Å². The number of aromatic nitrogens is 3. The zero-order valence-electron chi connectivity index (χ0n) is 14.7. The van der Waals surface area contributed by atoms with Gasteiger partial charge in [-0.2, -0.15) is 0 Å². The van der Waals surface area contributed by atoms with Crippen molar-refractivity contribution in [2.75, 3.05) is 26.0 Å². The van der Waals surface area contributed by atoms with Crippen LogP contribution in [0.5, 0.6) is 5.75 Å². The third-order valence-corrected chi connectivity index (χ3v) is 5.14. The van der Waals surface area contributed by atoms with Gasteiger partial charge in [0.1, 0.15) is 12.1 Å². The van der Waals surface area contributed by atoms with Gasteiger partial charge in [0.15, 0.2) is 5.16 Å². The number of carbonyl (C=O) groups excluding carboxylic acids is 1. The van der Waals surface area contributed by atoms with Crippen LogP contribution in [0.1, 0.15) is 26.2 Å². The maximum atomic E-state index is 12.6. The van der Waals surface area contributed by atoms with Gasteiger partial charge in [-0.05, 0) is 49.4 Å². The molecule has 1 saturated carbocycles. The van der Waals surface area contributed by atoms with Gasteiger partial charge in [0.05, 0.1) is 12.9 Å². The summed E-state index contributed by atoms with van der Waals surface area (Å²) in [5.74, 6) is 2.09. The first kappa shape index (κ1) is 17.8. The highest BCUT2D eigenvalue weighted by Crippen LogP contribution is 2.30. The van der Waals surface area contributed by atoms with Crippen LogP contribution in [-0.4, -0.2) is 51.5 Å². The van der Waals surface area contributed by atoms with Crippen LogP contribution >= 0.6 is 11.8 Å². The van der Waals surface area contributed by atoms with Crippen LogP contribution in [0.2, 0.25) is 0 Å². The van der Waals surface area contributed by atoms with Crippen molar-refractivity contribution in [1.82, 2.24) is 19.7 Å². The SMILES string of the molecule is CCCN(CC1CC1)C(=O)CSc1nncn1-c1ccc(OC)cc1. The van der Waals surface area contributed by atoms with Gasteiger partial charge >= 0.3 is 0 Å². The van der Waals surface area contributed by atoms with Crippen molar-refractivity contribution in [3.63, 3.8) is 0 Å². The standard InChI is InChI=1S/C18H24N4O2S/c1-3-10-21(11-14-4-5-14)17(23)12-25-18-20-19-13-22(18)15-6-8-16(24-2)9-7-15/h6-9,13-14H,3-5,10-12H2,1-2H3. The summed E-state index contributed by atoms with van der Waals surface area (Å²) in [6.07, 6.45) is 5.17.